The second kappa shape index (κ2) is 20.8. The van der Waals surface area contributed by atoms with Crippen molar-refractivity contribution >= 4 is 35.4 Å². The van der Waals surface area contributed by atoms with Crippen LogP contribution < -0.4 is 4.90 Å². The molecule has 1 aromatic carbocycles. The van der Waals surface area contributed by atoms with Crippen LogP contribution in [-0.2, 0) is 14.2 Å². The largest absolute Gasteiger partial charge is 0.511 e. The molecule has 1 atom stereocenters. The van der Waals surface area contributed by atoms with Crippen molar-refractivity contribution in [2.45, 2.75) is 104 Å². The summed E-state index contributed by atoms with van der Waals surface area (Å²) < 4.78 is 16.2. The van der Waals surface area contributed by atoms with Crippen LogP contribution in [0, 0.1) is 0 Å². The lowest BCUT2D eigenvalue weighted by molar-refractivity contribution is -0.0725. The summed E-state index contributed by atoms with van der Waals surface area (Å²) in [4.78, 5) is 37.1. The van der Waals surface area contributed by atoms with Gasteiger partial charge < -0.3 is 24.0 Å². The maximum Gasteiger partial charge on any atom is 0.511 e. The summed E-state index contributed by atoms with van der Waals surface area (Å²) in [5, 5.41) is 0.271. The average Bonchev–Trinajstić information content (AvgIpc) is 3.17. The first-order valence-electron chi connectivity index (χ1n) is 17.4. The molecule has 0 bridgehead atoms. The minimum absolute atomic E-state index is 0.266. The number of benzene rings is 1. The predicted molar refractivity (Wildman–Crippen MR) is 191 cm³/mol. The van der Waals surface area contributed by atoms with E-state index in [9.17, 15) is 9.59 Å². The highest BCUT2D eigenvalue weighted by Crippen LogP contribution is 2.35. The smallest absolute Gasteiger partial charge is 0.434 e. The monoisotopic (exact) mass is 670 g/mol. The first-order chi connectivity index (χ1) is 22.7. The zero-order valence-corrected chi connectivity index (χ0v) is 29.7. The maximum atomic E-state index is 13.8. The van der Waals surface area contributed by atoms with Crippen molar-refractivity contribution < 1.29 is 23.8 Å². The molecule has 47 heavy (non-hydrogen) atoms. The molecular formula is C37H55ClN4O5. The average molecular weight is 671 g/mol. The fourth-order valence-corrected chi connectivity index (χ4v) is 5.91. The van der Waals surface area contributed by atoms with E-state index in [1.54, 1.807) is 12.2 Å². The van der Waals surface area contributed by atoms with E-state index >= 15 is 0 Å². The molecule has 1 amide bonds. The van der Waals surface area contributed by atoms with Gasteiger partial charge in [0.1, 0.15) is 5.84 Å². The number of piperazine rings is 1. The minimum atomic E-state index is -1.18. The van der Waals surface area contributed by atoms with E-state index in [1.807, 2.05) is 31.2 Å². The second-order valence-corrected chi connectivity index (χ2v) is 12.8. The van der Waals surface area contributed by atoms with Crippen molar-refractivity contribution in [3.63, 3.8) is 0 Å². The van der Waals surface area contributed by atoms with Crippen LogP contribution in [0.5, 0.6) is 0 Å². The van der Waals surface area contributed by atoms with E-state index in [0.29, 0.717) is 17.1 Å². The highest BCUT2D eigenvalue weighted by atomic mass is 35.5. The summed E-state index contributed by atoms with van der Waals surface area (Å²) in [6.07, 6.45) is 15.3. The van der Waals surface area contributed by atoms with Crippen molar-refractivity contribution in [1.29, 1.82) is 0 Å². The normalized spacial score (nSPS) is 17.6. The SMILES string of the molecule is C=C(Cl)/C=C1/N=C(N2CCN(C)CC2)c2ccccc2N(C(=O)OC(C)OC(=O)OCCCCCCCCCCCCCC)/C1=C/C. The first kappa shape index (κ1) is 38.2. The van der Waals surface area contributed by atoms with E-state index in [0.717, 1.165) is 56.8 Å². The Labute approximate surface area is 287 Å². The number of benzodiazepines with no additional fused rings is 1. The predicted octanol–water partition coefficient (Wildman–Crippen LogP) is 9.38. The standard InChI is InChI=1S/C37H55ClN4O5/c1-6-8-9-10-11-12-13-14-15-16-17-20-27-45-37(44)47-30(4)46-36(43)42-33(7-2)32(28-29(3)38)39-35(31-21-18-19-22-34(31)42)41-25-23-40(5)24-26-41/h7,18-19,21-22,28,30H,3,6,8-17,20,23-27H2,1-2,4-5H3/b32-28+,33-7+. The number of nitrogens with zero attached hydrogens (tertiary/aromatic N) is 4. The van der Waals surface area contributed by atoms with Gasteiger partial charge >= 0.3 is 12.2 Å². The zero-order chi connectivity index (χ0) is 34.0. The molecule has 0 spiro atoms. The number of anilines is 1. The summed E-state index contributed by atoms with van der Waals surface area (Å²) in [5.74, 6) is 0.734. The lowest BCUT2D eigenvalue weighted by Gasteiger charge is -2.35. The summed E-state index contributed by atoms with van der Waals surface area (Å²) in [7, 11) is 2.09. The molecule has 0 saturated carbocycles. The molecule has 3 rings (SSSR count). The number of amides is 1. The third-order valence-corrected chi connectivity index (χ3v) is 8.52. The van der Waals surface area contributed by atoms with Crippen LogP contribution >= 0.6 is 11.6 Å². The molecule has 0 N–H and O–H groups in total. The number of para-hydroxylation sites is 1. The molecular weight excluding hydrogens is 616 g/mol. The van der Waals surface area contributed by atoms with Gasteiger partial charge in [0.2, 0.25) is 6.29 Å². The van der Waals surface area contributed by atoms with Crippen molar-refractivity contribution in [1.82, 2.24) is 9.80 Å². The van der Waals surface area contributed by atoms with E-state index < -0.39 is 18.5 Å². The number of likely N-dealkylation sites (N-methyl/N-ethyl adjacent to an activating group) is 1. The number of amidine groups is 1. The Morgan fingerprint density at radius 3 is 2.13 bits per heavy atom. The number of carbonyl (C=O) groups excluding carboxylic acids is 2. The Balaban J connectivity index is 1.54. The van der Waals surface area contributed by atoms with Crippen LogP contribution in [0.3, 0.4) is 0 Å². The summed E-state index contributed by atoms with van der Waals surface area (Å²) in [6, 6.07) is 7.55. The van der Waals surface area contributed by atoms with Gasteiger partial charge in [0, 0.05) is 43.7 Å². The highest BCUT2D eigenvalue weighted by molar-refractivity contribution is 6.31. The molecule has 10 heteroatoms. The number of unbranched alkanes of at least 4 members (excludes halogenated alkanes) is 11. The fourth-order valence-electron chi connectivity index (χ4n) is 5.81. The Kier molecular flexibility index (Phi) is 16.9. The van der Waals surface area contributed by atoms with Crippen molar-refractivity contribution in [2.75, 3.05) is 44.7 Å². The van der Waals surface area contributed by atoms with Crippen LogP contribution in [0.25, 0.3) is 0 Å². The Morgan fingerprint density at radius 2 is 1.53 bits per heavy atom. The van der Waals surface area contributed by atoms with Gasteiger partial charge in [0.25, 0.3) is 0 Å². The third-order valence-electron chi connectivity index (χ3n) is 8.41. The van der Waals surface area contributed by atoms with Crippen LogP contribution in [0.1, 0.15) is 103 Å². The molecule has 2 aliphatic heterocycles. The zero-order valence-electron chi connectivity index (χ0n) is 29.0. The van der Waals surface area contributed by atoms with Crippen LogP contribution in [-0.4, -0.2) is 74.0 Å². The lowest BCUT2D eigenvalue weighted by Crippen LogP contribution is -2.47. The molecule has 1 aromatic rings. The number of ether oxygens (including phenoxy) is 3. The van der Waals surface area contributed by atoms with Gasteiger partial charge in [0.05, 0.1) is 23.7 Å². The number of rotatable bonds is 16. The Hall–Kier alpha value is -3.30. The van der Waals surface area contributed by atoms with Gasteiger partial charge in [-0.3, -0.25) is 0 Å². The number of halogens is 1. The highest BCUT2D eigenvalue weighted by Gasteiger charge is 2.34. The molecule has 0 aliphatic carbocycles. The molecule has 0 aromatic heterocycles. The molecule has 2 aliphatic rings. The molecule has 2 heterocycles. The van der Waals surface area contributed by atoms with Crippen LogP contribution in [0.4, 0.5) is 15.3 Å². The lowest BCUT2D eigenvalue weighted by atomic mass is 10.1. The first-order valence-corrected chi connectivity index (χ1v) is 17.8. The number of aliphatic imine (C=N–C) groups is 1. The van der Waals surface area contributed by atoms with Gasteiger partial charge in [-0.15, -0.1) is 0 Å². The van der Waals surface area contributed by atoms with Crippen molar-refractivity contribution in [3.05, 3.63) is 65.0 Å². The molecule has 260 valence electrons. The minimum Gasteiger partial charge on any atom is -0.434 e. The van der Waals surface area contributed by atoms with E-state index in [4.69, 9.17) is 30.8 Å². The van der Waals surface area contributed by atoms with Gasteiger partial charge in [-0.05, 0) is 38.6 Å². The number of hydrogen-bond donors (Lipinski definition) is 0. The summed E-state index contributed by atoms with van der Waals surface area (Å²) in [5.41, 5.74) is 2.29. The van der Waals surface area contributed by atoms with Crippen molar-refractivity contribution in [2.24, 2.45) is 4.99 Å². The van der Waals surface area contributed by atoms with E-state index in [-0.39, 0.29) is 11.6 Å². The quantitative estimate of drug-likeness (QED) is 0.0984. The summed E-state index contributed by atoms with van der Waals surface area (Å²) in [6.45, 7) is 13.0. The number of allylic oxidation sites excluding steroid dienone is 3. The summed E-state index contributed by atoms with van der Waals surface area (Å²) >= 11 is 6.24. The molecule has 9 nitrogen and oxygen atoms in total. The Morgan fingerprint density at radius 1 is 0.936 bits per heavy atom. The maximum absolute atomic E-state index is 13.8. The van der Waals surface area contributed by atoms with Gasteiger partial charge in [-0.25, -0.2) is 19.5 Å². The third kappa shape index (κ3) is 12.7. The topological polar surface area (TPSA) is 83.9 Å². The molecule has 1 saturated heterocycles. The van der Waals surface area contributed by atoms with E-state index in [2.05, 4.69) is 30.4 Å². The number of fused-ring (bicyclic) bond motifs is 1. The van der Waals surface area contributed by atoms with Crippen LogP contribution in [0.15, 0.2) is 64.4 Å². The Bertz CT molecular complexity index is 1250. The van der Waals surface area contributed by atoms with E-state index in [1.165, 1.54) is 69.6 Å². The number of carbonyl (C=O) groups is 2. The molecule has 0 radical (unpaired) electrons. The van der Waals surface area contributed by atoms with Gasteiger partial charge in [-0.1, -0.05) is 114 Å². The molecule has 1 fully saturated rings. The van der Waals surface area contributed by atoms with Crippen molar-refractivity contribution in [3.8, 4) is 0 Å². The van der Waals surface area contributed by atoms with Crippen LogP contribution in [0.2, 0.25) is 0 Å². The number of hydrogen-bond acceptors (Lipinski definition) is 8. The van der Waals surface area contributed by atoms with Gasteiger partial charge in [-0.2, -0.15) is 0 Å². The van der Waals surface area contributed by atoms with Gasteiger partial charge in [0.15, 0.2) is 0 Å². The molecule has 1 unspecified atom stereocenters. The second-order valence-electron chi connectivity index (χ2n) is 12.3. The fraction of sp³-hybridized carbons (Fsp3) is 0.595.